The van der Waals surface area contributed by atoms with Crippen molar-refractivity contribution in [2.45, 2.75) is 44.1 Å². The molecular formula is C22H23FN4O2S. The van der Waals surface area contributed by atoms with Crippen LogP contribution in [0.25, 0.3) is 11.4 Å². The number of thioether (sulfide) groups is 1. The number of carbonyl (C=O) groups excluding carboxylic acids is 1. The van der Waals surface area contributed by atoms with E-state index >= 15 is 0 Å². The molecule has 30 heavy (non-hydrogen) atoms. The molecule has 1 aliphatic carbocycles. The Morgan fingerprint density at radius 3 is 2.80 bits per heavy atom. The second kappa shape index (κ2) is 8.87. The van der Waals surface area contributed by atoms with Gasteiger partial charge in [0.25, 0.3) is 0 Å². The van der Waals surface area contributed by atoms with Gasteiger partial charge in [-0.25, -0.2) is 4.39 Å². The van der Waals surface area contributed by atoms with Crippen molar-refractivity contribution in [2.75, 3.05) is 5.75 Å². The summed E-state index contributed by atoms with van der Waals surface area (Å²) in [6, 6.07) is 10.5. The fraction of sp³-hybridized carbons (Fsp3) is 0.318. The van der Waals surface area contributed by atoms with Crippen molar-refractivity contribution in [3.63, 3.8) is 0 Å². The fourth-order valence-corrected chi connectivity index (χ4v) is 4.12. The summed E-state index contributed by atoms with van der Waals surface area (Å²) in [5.74, 6) is 1.93. The van der Waals surface area contributed by atoms with Crippen LogP contribution in [-0.2, 0) is 17.9 Å². The number of allylic oxidation sites excluding steroid dienone is 1. The van der Waals surface area contributed by atoms with Crippen LogP contribution < -0.4 is 0 Å². The molecule has 1 aliphatic rings. The van der Waals surface area contributed by atoms with E-state index < -0.39 is 0 Å². The van der Waals surface area contributed by atoms with Gasteiger partial charge in [0.15, 0.2) is 11.0 Å². The van der Waals surface area contributed by atoms with Crippen LogP contribution in [0.5, 0.6) is 0 Å². The lowest BCUT2D eigenvalue weighted by Crippen LogP contribution is -2.33. The summed E-state index contributed by atoms with van der Waals surface area (Å²) in [4.78, 5) is 14.8. The fourth-order valence-electron chi connectivity index (χ4n) is 3.29. The average Bonchev–Trinajstić information content (AvgIpc) is 3.38. The Balaban J connectivity index is 1.49. The van der Waals surface area contributed by atoms with Crippen LogP contribution in [0.1, 0.15) is 24.4 Å². The Morgan fingerprint density at radius 1 is 1.33 bits per heavy atom. The standard InChI is InChI=1S/C22H23FN4O2S/c1-3-12-26-21(18-6-4-5-7-19(18)23)24-25-22(26)30-14-20(28)27(16-9-10-16)13-17-11-8-15(2)29-17/h3-8,11,16H,1,9-10,12-14H2,2H3. The predicted octanol–water partition coefficient (Wildman–Crippen LogP) is 4.45. The van der Waals surface area contributed by atoms with Crippen molar-refractivity contribution < 1.29 is 13.6 Å². The van der Waals surface area contributed by atoms with Crippen LogP contribution in [0.3, 0.4) is 0 Å². The second-order valence-electron chi connectivity index (χ2n) is 7.24. The highest BCUT2D eigenvalue weighted by molar-refractivity contribution is 7.99. The maximum Gasteiger partial charge on any atom is 0.233 e. The molecule has 1 fully saturated rings. The summed E-state index contributed by atoms with van der Waals surface area (Å²) in [7, 11) is 0. The molecule has 0 spiro atoms. The van der Waals surface area contributed by atoms with Crippen molar-refractivity contribution in [1.29, 1.82) is 0 Å². The van der Waals surface area contributed by atoms with Crippen molar-refractivity contribution in [3.8, 4) is 11.4 Å². The minimum absolute atomic E-state index is 0.0251. The predicted molar refractivity (Wildman–Crippen MR) is 113 cm³/mol. The largest absolute Gasteiger partial charge is 0.464 e. The van der Waals surface area contributed by atoms with E-state index in [2.05, 4.69) is 16.8 Å². The van der Waals surface area contributed by atoms with Gasteiger partial charge in [-0.1, -0.05) is 30.0 Å². The number of aromatic nitrogens is 3. The van der Waals surface area contributed by atoms with E-state index in [1.807, 2.05) is 24.0 Å². The lowest BCUT2D eigenvalue weighted by molar-refractivity contribution is -0.129. The number of amides is 1. The van der Waals surface area contributed by atoms with Crippen molar-refractivity contribution in [1.82, 2.24) is 19.7 Å². The summed E-state index contributed by atoms with van der Waals surface area (Å²) in [5.41, 5.74) is 0.373. The van der Waals surface area contributed by atoms with Gasteiger partial charge in [0, 0.05) is 12.6 Å². The van der Waals surface area contributed by atoms with Gasteiger partial charge in [-0.2, -0.15) is 0 Å². The van der Waals surface area contributed by atoms with Gasteiger partial charge in [0.05, 0.1) is 17.9 Å². The Hall–Kier alpha value is -2.87. The lowest BCUT2D eigenvalue weighted by Gasteiger charge is -2.21. The summed E-state index contributed by atoms with van der Waals surface area (Å²) in [5, 5.41) is 8.94. The van der Waals surface area contributed by atoms with E-state index in [4.69, 9.17) is 4.42 Å². The lowest BCUT2D eigenvalue weighted by atomic mass is 10.2. The Bertz CT molecular complexity index is 1060. The number of aryl methyl sites for hydroxylation is 1. The first kappa shape index (κ1) is 20.4. The van der Waals surface area contributed by atoms with Crippen LogP contribution in [-0.4, -0.2) is 37.4 Å². The summed E-state index contributed by atoms with van der Waals surface area (Å²) < 4.78 is 21.7. The van der Waals surface area contributed by atoms with Crippen LogP contribution in [0, 0.1) is 12.7 Å². The number of furan rings is 1. The monoisotopic (exact) mass is 426 g/mol. The SMILES string of the molecule is C=CCn1c(SCC(=O)N(Cc2ccc(C)o2)C2CC2)nnc1-c1ccccc1F. The highest BCUT2D eigenvalue weighted by Gasteiger charge is 2.33. The molecule has 4 rings (SSSR count). The average molecular weight is 427 g/mol. The third-order valence-corrected chi connectivity index (χ3v) is 5.85. The molecule has 0 atom stereocenters. The van der Waals surface area contributed by atoms with Gasteiger partial charge in [-0.15, -0.1) is 16.8 Å². The minimum atomic E-state index is -0.364. The topological polar surface area (TPSA) is 64.2 Å². The molecule has 8 heteroatoms. The van der Waals surface area contributed by atoms with Crippen molar-refractivity contribution in [3.05, 3.63) is 66.4 Å². The van der Waals surface area contributed by atoms with Crippen LogP contribution >= 0.6 is 11.8 Å². The summed E-state index contributed by atoms with van der Waals surface area (Å²) in [6.07, 6.45) is 3.73. The maximum atomic E-state index is 14.2. The zero-order valence-corrected chi connectivity index (χ0v) is 17.6. The van der Waals surface area contributed by atoms with Gasteiger partial charge in [0.2, 0.25) is 5.91 Å². The third kappa shape index (κ3) is 4.48. The third-order valence-electron chi connectivity index (χ3n) is 4.90. The molecule has 0 aliphatic heterocycles. The zero-order chi connectivity index (χ0) is 21.1. The first-order valence-corrected chi connectivity index (χ1v) is 10.8. The van der Waals surface area contributed by atoms with E-state index in [0.29, 0.717) is 29.6 Å². The highest BCUT2D eigenvalue weighted by Crippen LogP contribution is 2.31. The molecule has 2 aromatic heterocycles. The molecule has 1 saturated carbocycles. The first-order chi connectivity index (χ1) is 14.6. The van der Waals surface area contributed by atoms with E-state index in [-0.39, 0.29) is 23.5 Å². The molecule has 3 aromatic rings. The Labute approximate surface area is 178 Å². The van der Waals surface area contributed by atoms with Gasteiger partial charge in [0.1, 0.15) is 17.3 Å². The zero-order valence-electron chi connectivity index (χ0n) is 16.8. The van der Waals surface area contributed by atoms with Crippen LogP contribution in [0.2, 0.25) is 0 Å². The Kier molecular flexibility index (Phi) is 6.03. The molecule has 1 aromatic carbocycles. The van der Waals surface area contributed by atoms with Crippen molar-refractivity contribution in [2.24, 2.45) is 0 Å². The van der Waals surface area contributed by atoms with E-state index in [0.717, 1.165) is 24.4 Å². The molecule has 0 saturated heterocycles. The number of hydrogen-bond donors (Lipinski definition) is 0. The number of halogens is 1. The van der Waals surface area contributed by atoms with E-state index in [9.17, 15) is 9.18 Å². The van der Waals surface area contributed by atoms with Gasteiger partial charge in [-0.3, -0.25) is 9.36 Å². The molecule has 0 radical (unpaired) electrons. The van der Waals surface area contributed by atoms with Crippen LogP contribution in [0.4, 0.5) is 4.39 Å². The number of benzene rings is 1. The highest BCUT2D eigenvalue weighted by atomic mass is 32.2. The molecule has 0 N–H and O–H groups in total. The molecule has 2 heterocycles. The van der Waals surface area contributed by atoms with Crippen LogP contribution in [0.15, 0.2) is 58.6 Å². The first-order valence-electron chi connectivity index (χ1n) is 9.83. The van der Waals surface area contributed by atoms with E-state index in [1.54, 1.807) is 28.8 Å². The molecule has 0 bridgehead atoms. The van der Waals surface area contributed by atoms with Crippen molar-refractivity contribution >= 4 is 17.7 Å². The molecule has 1 amide bonds. The van der Waals surface area contributed by atoms with Gasteiger partial charge >= 0.3 is 0 Å². The minimum Gasteiger partial charge on any atom is -0.464 e. The number of hydrogen-bond acceptors (Lipinski definition) is 5. The number of nitrogens with zero attached hydrogens (tertiary/aromatic N) is 4. The summed E-state index contributed by atoms with van der Waals surface area (Å²) >= 11 is 1.30. The molecule has 6 nitrogen and oxygen atoms in total. The van der Waals surface area contributed by atoms with E-state index in [1.165, 1.54) is 17.8 Å². The second-order valence-corrected chi connectivity index (χ2v) is 8.18. The molecule has 0 unspecified atom stereocenters. The maximum absolute atomic E-state index is 14.2. The quantitative estimate of drug-likeness (QED) is 0.374. The smallest absolute Gasteiger partial charge is 0.233 e. The van der Waals surface area contributed by atoms with Gasteiger partial charge in [-0.05, 0) is 44.0 Å². The Morgan fingerprint density at radius 2 is 2.13 bits per heavy atom. The number of carbonyl (C=O) groups is 1. The molecular weight excluding hydrogens is 403 g/mol. The summed E-state index contributed by atoms with van der Waals surface area (Å²) in [6.45, 7) is 6.56. The molecule has 156 valence electrons. The number of rotatable bonds is 9. The van der Waals surface area contributed by atoms with Gasteiger partial charge < -0.3 is 9.32 Å². The normalized spacial score (nSPS) is 13.4.